The fraction of sp³-hybridized carbons (Fsp3) is 0.750. The summed E-state index contributed by atoms with van der Waals surface area (Å²) in [6.45, 7) is 4.26. The summed E-state index contributed by atoms with van der Waals surface area (Å²) < 4.78 is 6.07. The number of hydrogen-bond donors (Lipinski definition) is 1. The molecule has 1 saturated carbocycles. The molecule has 1 saturated heterocycles. The lowest BCUT2D eigenvalue weighted by atomic mass is 9.70. The molecule has 1 aliphatic heterocycles. The zero-order valence-corrected chi connectivity index (χ0v) is 12.7. The first-order chi connectivity index (χ1) is 9.31. The van der Waals surface area contributed by atoms with Crippen LogP contribution in [0.25, 0.3) is 0 Å². The summed E-state index contributed by atoms with van der Waals surface area (Å²) in [4.78, 5) is 1.51. The first-order valence-corrected chi connectivity index (χ1v) is 8.59. The van der Waals surface area contributed by atoms with Crippen LogP contribution >= 0.6 is 11.3 Å². The Balaban J connectivity index is 1.65. The second-order valence-electron chi connectivity index (χ2n) is 6.09. The van der Waals surface area contributed by atoms with Crippen LogP contribution in [0.2, 0.25) is 0 Å². The first kappa shape index (κ1) is 13.6. The molecule has 2 atom stereocenters. The Hall–Kier alpha value is -0.380. The Morgan fingerprint density at radius 2 is 2.42 bits per heavy atom. The Bertz CT molecular complexity index is 385. The normalized spacial score (nSPS) is 27.1. The molecule has 3 heteroatoms. The van der Waals surface area contributed by atoms with Gasteiger partial charge in [-0.05, 0) is 62.4 Å². The smallest absolute Gasteiger partial charge is 0.0685 e. The van der Waals surface area contributed by atoms with Crippen molar-refractivity contribution in [1.82, 2.24) is 5.32 Å². The molecule has 0 aromatic carbocycles. The number of rotatable bonds is 5. The standard InChI is InChI=1S/C16H25NOS/c1-2-17-15(11-14-5-3-10-19-14)13-6-9-18-16(12-13)7-4-8-16/h3,5,10,13,15,17H,2,4,6-9,11-12H2,1H3. The summed E-state index contributed by atoms with van der Waals surface area (Å²) in [6.07, 6.45) is 7.64. The van der Waals surface area contributed by atoms with Gasteiger partial charge >= 0.3 is 0 Å². The van der Waals surface area contributed by atoms with Crippen molar-refractivity contribution in [2.24, 2.45) is 5.92 Å². The largest absolute Gasteiger partial charge is 0.375 e. The number of ether oxygens (including phenoxy) is 1. The fourth-order valence-electron chi connectivity index (χ4n) is 3.64. The molecule has 1 spiro atoms. The molecular weight excluding hydrogens is 254 g/mol. The summed E-state index contributed by atoms with van der Waals surface area (Å²) in [5.41, 5.74) is 0.270. The van der Waals surface area contributed by atoms with Crippen molar-refractivity contribution >= 4 is 11.3 Å². The monoisotopic (exact) mass is 279 g/mol. The van der Waals surface area contributed by atoms with Gasteiger partial charge in [-0.1, -0.05) is 13.0 Å². The summed E-state index contributed by atoms with van der Waals surface area (Å²) >= 11 is 1.89. The third-order valence-corrected chi connectivity index (χ3v) is 5.73. The summed E-state index contributed by atoms with van der Waals surface area (Å²) in [6, 6.07) is 5.07. The number of hydrogen-bond acceptors (Lipinski definition) is 3. The lowest BCUT2D eigenvalue weighted by Crippen LogP contribution is -2.50. The molecule has 2 aliphatic rings. The molecule has 1 aromatic heterocycles. The average Bonchev–Trinajstić information content (AvgIpc) is 2.90. The molecule has 2 unspecified atom stereocenters. The van der Waals surface area contributed by atoms with Gasteiger partial charge in [-0.15, -0.1) is 11.3 Å². The Morgan fingerprint density at radius 3 is 3.05 bits per heavy atom. The van der Waals surface area contributed by atoms with Crippen LogP contribution < -0.4 is 5.32 Å². The van der Waals surface area contributed by atoms with E-state index in [1.54, 1.807) is 0 Å². The van der Waals surface area contributed by atoms with E-state index in [1.165, 1.54) is 43.4 Å². The molecule has 1 N–H and O–H groups in total. The molecule has 0 amide bonds. The molecule has 0 radical (unpaired) electrons. The van der Waals surface area contributed by atoms with Crippen LogP contribution in [0.15, 0.2) is 17.5 Å². The van der Waals surface area contributed by atoms with Gasteiger partial charge in [0, 0.05) is 17.5 Å². The topological polar surface area (TPSA) is 21.3 Å². The second kappa shape index (κ2) is 5.94. The fourth-order valence-corrected chi connectivity index (χ4v) is 4.41. The van der Waals surface area contributed by atoms with Gasteiger partial charge in [0.05, 0.1) is 5.60 Å². The van der Waals surface area contributed by atoms with Gasteiger partial charge in [-0.25, -0.2) is 0 Å². The summed E-state index contributed by atoms with van der Waals surface area (Å²) in [7, 11) is 0. The van der Waals surface area contributed by atoms with Crippen LogP contribution in [-0.4, -0.2) is 24.8 Å². The highest BCUT2D eigenvalue weighted by molar-refractivity contribution is 7.09. The minimum atomic E-state index is 0.270. The average molecular weight is 279 g/mol. The molecule has 106 valence electrons. The highest BCUT2D eigenvalue weighted by Crippen LogP contribution is 2.45. The summed E-state index contributed by atoms with van der Waals surface area (Å²) in [5.74, 6) is 0.788. The predicted octanol–water partition coefficient (Wildman–Crippen LogP) is 3.62. The van der Waals surface area contributed by atoms with E-state index in [-0.39, 0.29) is 5.60 Å². The molecule has 1 aromatic rings. The molecule has 2 heterocycles. The molecule has 3 rings (SSSR count). The zero-order valence-electron chi connectivity index (χ0n) is 11.9. The van der Waals surface area contributed by atoms with Crippen LogP contribution in [0.4, 0.5) is 0 Å². The maximum atomic E-state index is 6.07. The van der Waals surface area contributed by atoms with Crippen molar-refractivity contribution in [3.8, 4) is 0 Å². The SMILES string of the molecule is CCNC(Cc1cccs1)C1CCOC2(CCC2)C1. The number of nitrogens with one attached hydrogen (secondary N) is 1. The molecule has 2 fully saturated rings. The maximum Gasteiger partial charge on any atom is 0.0685 e. The van der Waals surface area contributed by atoms with E-state index in [1.807, 2.05) is 11.3 Å². The minimum absolute atomic E-state index is 0.270. The van der Waals surface area contributed by atoms with E-state index >= 15 is 0 Å². The van der Waals surface area contributed by atoms with Gasteiger partial charge in [0.15, 0.2) is 0 Å². The van der Waals surface area contributed by atoms with Crippen molar-refractivity contribution in [2.45, 2.75) is 57.1 Å². The second-order valence-corrected chi connectivity index (χ2v) is 7.12. The maximum absolute atomic E-state index is 6.07. The van der Waals surface area contributed by atoms with Crippen molar-refractivity contribution in [3.63, 3.8) is 0 Å². The highest BCUT2D eigenvalue weighted by atomic mass is 32.1. The third-order valence-electron chi connectivity index (χ3n) is 4.83. The van der Waals surface area contributed by atoms with Crippen LogP contribution in [0.1, 0.15) is 43.9 Å². The van der Waals surface area contributed by atoms with E-state index in [9.17, 15) is 0 Å². The van der Waals surface area contributed by atoms with E-state index in [0.29, 0.717) is 6.04 Å². The lowest BCUT2D eigenvalue weighted by Gasteiger charge is -2.49. The minimum Gasteiger partial charge on any atom is -0.375 e. The van der Waals surface area contributed by atoms with E-state index < -0.39 is 0 Å². The third kappa shape index (κ3) is 3.04. The van der Waals surface area contributed by atoms with E-state index in [4.69, 9.17) is 4.74 Å². The Labute approximate surface area is 120 Å². The van der Waals surface area contributed by atoms with Gasteiger partial charge in [-0.3, -0.25) is 0 Å². The van der Waals surface area contributed by atoms with Crippen molar-refractivity contribution in [3.05, 3.63) is 22.4 Å². The van der Waals surface area contributed by atoms with Gasteiger partial charge in [-0.2, -0.15) is 0 Å². The molecule has 2 nitrogen and oxygen atoms in total. The zero-order chi connectivity index (χ0) is 13.1. The van der Waals surface area contributed by atoms with Gasteiger partial charge in [0.2, 0.25) is 0 Å². The van der Waals surface area contributed by atoms with Crippen molar-refractivity contribution in [1.29, 1.82) is 0 Å². The Kier molecular flexibility index (Phi) is 4.25. The molecule has 0 bridgehead atoms. The molecule has 19 heavy (non-hydrogen) atoms. The molecular formula is C16H25NOS. The van der Waals surface area contributed by atoms with Crippen molar-refractivity contribution in [2.75, 3.05) is 13.2 Å². The van der Waals surface area contributed by atoms with Crippen LogP contribution in [-0.2, 0) is 11.2 Å². The van der Waals surface area contributed by atoms with Gasteiger partial charge in [0.25, 0.3) is 0 Å². The predicted molar refractivity (Wildman–Crippen MR) is 80.7 cm³/mol. The van der Waals surface area contributed by atoms with Gasteiger partial charge < -0.3 is 10.1 Å². The number of likely N-dealkylation sites (N-methyl/N-ethyl adjacent to an activating group) is 1. The van der Waals surface area contributed by atoms with Crippen LogP contribution in [0, 0.1) is 5.92 Å². The number of thiophene rings is 1. The molecule has 1 aliphatic carbocycles. The summed E-state index contributed by atoms with van der Waals surface area (Å²) in [5, 5.41) is 5.92. The first-order valence-electron chi connectivity index (χ1n) is 7.71. The highest BCUT2D eigenvalue weighted by Gasteiger charge is 2.44. The van der Waals surface area contributed by atoms with Crippen molar-refractivity contribution < 1.29 is 4.74 Å². The van der Waals surface area contributed by atoms with E-state index in [0.717, 1.165) is 19.1 Å². The lowest BCUT2D eigenvalue weighted by molar-refractivity contribution is -0.147. The van der Waals surface area contributed by atoms with Gasteiger partial charge in [0.1, 0.15) is 0 Å². The Morgan fingerprint density at radius 1 is 1.53 bits per heavy atom. The van der Waals surface area contributed by atoms with Crippen LogP contribution in [0.5, 0.6) is 0 Å². The van der Waals surface area contributed by atoms with Crippen LogP contribution in [0.3, 0.4) is 0 Å². The quantitative estimate of drug-likeness (QED) is 0.889. The van der Waals surface area contributed by atoms with E-state index in [2.05, 4.69) is 29.8 Å².